The highest BCUT2D eigenvalue weighted by Gasteiger charge is 2.49. The van der Waals surface area contributed by atoms with E-state index in [9.17, 15) is 0 Å². The maximum absolute atomic E-state index is 5.05. The van der Waals surface area contributed by atoms with Crippen LogP contribution in [0.3, 0.4) is 0 Å². The lowest BCUT2D eigenvalue weighted by molar-refractivity contribution is 0.605. The van der Waals surface area contributed by atoms with Crippen molar-refractivity contribution in [2.45, 2.75) is 25.2 Å². The van der Waals surface area contributed by atoms with Gasteiger partial charge < -0.3 is 0 Å². The summed E-state index contributed by atoms with van der Waals surface area (Å²) in [7, 11) is -3.25. The summed E-state index contributed by atoms with van der Waals surface area (Å²) in [5.41, 5.74) is 10.9. The Morgan fingerprint density at radius 2 is 1.13 bits per heavy atom. The molecule has 4 heteroatoms. The molecule has 0 spiro atoms. The van der Waals surface area contributed by atoms with E-state index in [2.05, 4.69) is 213 Å². The molecular formula is C56H43N3Si. The molecule has 1 atom stereocenters. The Morgan fingerprint density at radius 1 is 0.517 bits per heavy atom. The van der Waals surface area contributed by atoms with Crippen LogP contribution in [0.1, 0.15) is 47.6 Å². The summed E-state index contributed by atoms with van der Waals surface area (Å²) < 4.78 is 2.42. The van der Waals surface area contributed by atoms with E-state index >= 15 is 0 Å². The van der Waals surface area contributed by atoms with Gasteiger partial charge in [0.2, 0.25) is 0 Å². The van der Waals surface area contributed by atoms with Crippen LogP contribution >= 0.6 is 0 Å². The Morgan fingerprint density at radius 3 is 1.83 bits per heavy atom. The van der Waals surface area contributed by atoms with E-state index < -0.39 is 8.07 Å². The van der Waals surface area contributed by atoms with Gasteiger partial charge in [0.1, 0.15) is 5.82 Å². The van der Waals surface area contributed by atoms with Crippen molar-refractivity contribution in [3.8, 4) is 17.1 Å². The van der Waals surface area contributed by atoms with E-state index in [-0.39, 0.29) is 11.3 Å². The zero-order chi connectivity index (χ0) is 40.3. The summed E-state index contributed by atoms with van der Waals surface area (Å²) >= 11 is 0. The molecule has 1 unspecified atom stereocenters. The molecule has 3 aromatic heterocycles. The molecule has 10 aromatic rings. The first kappa shape index (κ1) is 36.0. The van der Waals surface area contributed by atoms with E-state index in [1.807, 2.05) is 24.5 Å². The molecule has 1 aliphatic carbocycles. The Kier molecular flexibility index (Phi) is 8.57. The monoisotopic (exact) mass is 785 g/mol. The van der Waals surface area contributed by atoms with E-state index in [1.54, 1.807) is 0 Å². The molecule has 286 valence electrons. The smallest absolute Gasteiger partial charge is 0.180 e. The lowest BCUT2D eigenvalue weighted by atomic mass is 9.63. The molecule has 3 nitrogen and oxygen atoms in total. The van der Waals surface area contributed by atoms with Gasteiger partial charge in [0.05, 0.1) is 16.7 Å². The predicted molar refractivity (Wildman–Crippen MR) is 251 cm³/mol. The summed E-state index contributed by atoms with van der Waals surface area (Å²) in [5, 5.41) is 7.90. The number of pyridine rings is 2. The van der Waals surface area contributed by atoms with Crippen LogP contribution in [0.25, 0.3) is 38.9 Å². The molecule has 3 heterocycles. The minimum Gasteiger partial charge on any atom is -0.294 e. The molecule has 0 saturated heterocycles. The standard InChI is InChI=1S/C56H43N3Si/c1-56(2)46-31-14-12-29-44(46)52(39-21-6-3-7-22-39)54-50(38-49-53(55(54)56)45-30-13-15-33-48(45)59(49)51-34-17-19-36-58-51)60(41-24-8-4-9-25-41,42-26-10-5-11-27-42)43-28-20-23-40(37-43)47-32-16-18-35-57-47/h3-38,52H,1-2H3. The average molecular weight is 786 g/mol. The Labute approximate surface area is 352 Å². The number of aromatic nitrogens is 3. The van der Waals surface area contributed by atoms with Gasteiger partial charge in [-0.15, -0.1) is 0 Å². The number of benzene rings is 7. The van der Waals surface area contributed by atoms with Crippen LogP contribution in [0.4, 0.5) is 0 Å². The van der Waals surface area contributed by atoms with Gasteiger partial charge in [-0.05, 0) is 85.0 Å². The van der Waals surface area contributed by atoms with Crippen molar-refractivity contribution < 1.29 is 0 Å². The van der Waals surface area contributed by atoms with Gasteiger partial charge in [0.25, 0.3) is 0 Å². The number of fused-ring (bicyclic) bond motifs is 6. The third-order valence-corrected chi connectivity index (χ3v) is 17.7. The third kappa shape index (κ3) is 5.41. The highest BCUT2D eigenvalue weighted by Crippen LogP contribution is 2.53. The van der Waals surface area contributed by atoms with Gasteiger partial charge in [-0.1, -0.05) is 184 Å². The van der Waals surface area contributed by atoms with Gasteiger partial charge in [-0.2, -0.15) is 0 Å². The van der Waals surface area contributed by atoms with Crippen LogP contribution in [0.5, 0.6) is 0 Å². The van der Waals surface area contributed by atoms with Crippen molar-refractivity contribution >= 4 is 50.6 Å². The third-order valence-electron chi connectivity index (χ3n) is 12.9. The fourth-order valence-corrected chi connectivity index (χ4v) is 15.6. The summed E-state index contributed by atoms with van der Waals surface area (Å²) in [4.78, 5) is 9.92. The van der Waals surface area contributed by atoms with Gasteiger partial charge in [0.15, 0.2) is 8.07 Å². The molecule has 1 aliphatic rings. The van der Waals surface area contributed by atoms with Crippen LogP contribution in [0.2, 0.25) is 0 Å². The maximum atomic E-state index is 5.05. The SMILES string of the molecule is CC1(C)c2ccccc2C(c2ccccc2)c2c([Si](c3ccccc3)(c3ccccc3)c3cccc(-c4ccccn4)c3)cc3c(c21)c1ccccc1n3-c1ccccn1. The van der Waals surface area contributed by atoms with E-state index in [1.165, 1.54) is 64.9 Å². The van der Waals surface area contributed by atoms with Crippen molar-refractivity contribution in [3.63, 3.8) is 0 Å². The number of nitrogens with zero attached hydrogens (tertiary/aromatic N) is 3. The second-order valence-corrected chi connectivity index (χ2v) is 20.3. The van der Waals surface area contributed by atoms with Crippen molar-refractivity contribution in [1.82, 2.24) is 14.5 Å². The molecular weight excluding hydrogens is 743 g/mol. The molecule has 60 heavy (non-hydrogen) atoms. The second-order valence-electron chi connectivity index (χ2n) is 16.5. The van der Waals surface area contributed by atoms with Gasteiger partial charge in [-0.3, -0.25) is 9.55 Å². The van der Waals surface area contributed by atoms with Crippen molar-refractivity contribution in [3.05, 3.63) is 246 Å². The van der Waals surface area contributed by atoms with Crippen molar-refractivity contribution in [2.75, 3.05) is 0 Å². The topological polar surface area (TPSA) is 30.7 Å². The zero-order valence-electron chi connectivity index (χ0n) is 33.7. The van der Waals surface area contributed by atoms with Gasteiger partial charge in [0, 0.05) is 40.1 Å². The Balaban J connectivity index is 1.42. The fraction of sp³-hybridized carbons (Fsp3) is 0.0714. The van der Waals surface area contributed by atoms with E-state index in [4.69, 9.17) is 9.97 Å². The summed E-state index contributed by atoms with van der Waals surface area (Å²) in [5.74, 6) is 0.882. The first-order valence-corrected chi connectivity index (χ1v) is 22.9. The average Bonchev–Trinajstić information content (AvgIpc) is 3.65. The zero-order valence-corrected chi connectivity index (χ0v) is 34.7. The highest BCUT2D eigenvalue weighted by molar-refractivity contribution is 7.20. The predicted octanol–water partition coefficient (Wildman–Crippen LogP) is 10.4. The van der Waals surface area contributed by atoms with E-state index in [0.717, 1.165) is 22.6 Å². The number of hydrogen-bond donors (Lipinski definition) is 0. The summed E-state index contributed by atoms with van der Waals surface area (Å²) in [6.07, 6.45) is 3.81. The minimum absolute atomic E-state index is 0.0277. The summed E-state index contributed by atoms with van der Waals surface area (Å²) in [6.45, 7) is 4.91. The van der Waals surface area contributed by atoms with E-state index in [0.29, 0.717) is 0 Å². The van der Waals surface area contributed by atoms with Crippen LogP contribution in [-0.4, -0.2) is 22.6 Å². The lowest BCUT2D eigenvalue weighted by Crippen LogP contribution is -2.75. The highest BCUT2D eigenvalue weighted by atomic mass is 28.3. The number of para-hydroxylation sites is 1. The second kappa shape index (κ2) is 14.3. The molecule has 0 N–H and O–H groups in total. The molecule has 0 fully saturated rings. The van der Waals surface area contributed by atoms with Crippen molar-refractivity contribution in [2.24, 2.45) is 0 Å². The van der Waals surface area contributed by atoms with Crippen LogP contribution < -0.4 is 20.7 Å². The largest absolute Gasteiger partial charge is 0.294 e. The minimum atomic E-state index is -3.25. The van der Waals surface area contributed by atoms with Gasteiger partial charge in [-0.25, -0.2) is 4.98 Å². The number of rotatable bonds is 7. The lowest BCUT2D eigenvalue weighted by Gasteiger charge is -2.45. The maximum Gasteiger partial charge on any atom is 0.180 e. The number of hydrogen-bond acceptors (Lipinski definition) is 2. The normalized spacial score (nSPS) is 14.5. The molecule has 0 amide bonds. The molecule has 0 saturated carbocycles. The quantitative estimate of drug-likeness (QED) is 0.119. The molecule has 0 aliphatic heterocycles. The molecule has 7 aromatic carbocycles. The Bertz CT molecular complexity index is 3120. The van der Waals surface area contributed by atoms with Crippen LogP contribution in [0.15, 0.2) is 219 Å². The first-order valence-electron chi connectivity index (χ1n) is 20.9. The molecule has 11 rings (SSSR count). The first-order chi connectivity index (χ1) is 29.6. The summed E-state index contributed by atoms with van der Waals surface area (Å²) in [6, 6.07) is 76.5. The molecule has 0 bridgehead atoms. The Hall–Kier alpha value is -7.14. The van der Waals surface area contributed by atoms with Crippen LogP contribution in [-0.2, 0) is 5.41 Å². The van der Waals surface area contributed by atoms with Gasteiger partial charge >= 0.3 is 0 Å². The van der Waals surface area contributed by atoms with Crippen LogP contribution in [0, 0.1) is 0 Å². The van der Waals surface area contributed by atoms with Crippen molar-refractivity contribution in [1.29, 1.82) is 0 Å². The molecule has 0 radical (unpaired) electrons. The fourth-order valence-electron chi connectivity index (χ4n) is 10.5.